The summed E-state index contributed by atoms with van der Waals surface area (Å²) < 4.78 is 12.8. The van der Waals surface area contributed by atoms with E-state index in [4.69, 9.17) is 9.47 Å². The minimum absolute atomic E-state index is 0.103. The Morgan fingerprint density at radius 2 is 1.96 bits per heavy atom. The molecule has 3 rings (SSSR count). The fourth-order valence-electron chi connectivity index (χ4n) is 3.22. The van der Waals surface area contributed by atoms with E-state index in [2.05, 4.69) is 24.3 Å². The number of amides is 1. The molecule has 0 radical (unpaired) electrons. The highest BCUT2D eigenvalue weighted by Crippen LogP contribution is 2.31. The van der Waals surface area contributed by atoms with Gasteiger partial charge in [-0.05, 0) is 44.0 Å². The van der Waals surface area contributed by atoms with E-state index in [1.54, 1.807) is 14.2 Å². The predicted molar refractivity (Wildman–Crippen MR) is 113 cm³/mol. The number of ether oxygens (including phenoxy) is 2. The average molecular weight is 402 g/mol. The monoisotopic (exact) mass is 401 g/mol. The van der Waals surface area contributed by atoms with Crippen molar-refractivity contribution in [3.63, 3.8) is 0 Å². The fraction of sp³-hybridized carbons (Fsp3) is 0.429. The van der Waals surface area contributed by atoms with Gasteiger partial charge in [-0.1, -0.05) is 13.8 Å². The molecule has 1 aromatic carbocycles. The van der Waals surface area contributed by atoms with Crippen molar-refractivity contribution < 1.29 is 14.3 Å². The Balaban J connectivity index is 1.85. The summed E-state index contributed by atoms with van der Waals surface area (Å²) in [5.41, 5.74) is 1.83. The molecule has 0 saturated carbocycles. The number of thiophene rings is 1. The van der Waals surface area contributed by atoms with Crippen LogP contribution in [-0.2, 0) is 6.54 Å². The second-order valence-corrected chi connectivity index (χ2v) is 8.32. The molecule has 0 spiro atoms. The molecule has 6 nitrogen and oxygen atoms in total. The molecule has 150 valence electrons. The smallest absolute Gasteiger partial charge is 0.261 e. The van der Waals surface area contributed by atoms with Gasteiger partial charge in [0.2, 0.25) is 0 Å². The average Bonchev–Trinajstić information content (AvgIpc) is 3.22. The van der Waals surface area contributed by atoms with Crippen LogP contribution in [0.3, 0.4) is 0 Å². The van der Waals surface area contributed by atoms with Gasteiger partial charge in [0, 0.05) is 17.5 Å². The molecule has 1 unspecified atom stereocenters. The van der Waals surface area contributed by atoms with Gasteiger partial charge in [0.05, 0.1) is 30.8 Å². The van der Waals surface area contributed by atoms with Crippen LogP contribution in [0.2, 0.25) is 0 Å². The molecule has 3 aromatic rings. The summed E-state index contributed by atoms with van der Waals surface area (Å²) in [6.45, 7) is 9.08. The zero-order chi connectivity index (χ0) is 20.4. The van der Waals surface area contributed by atoms with Gasteiger partial charge in [-0.3, -0.25) is 9.48 Å². The van der Waals surface area contributed by atoms with Crippen molar-refractivity contribution in [3.8, 4) is 11.5 Å². The van der Waals surface area contributed by atoms with E-state index in [1.807, 2.05) is 42.8 Å². The maximum absolute atomic E-state index is 12.9. The number of methoxy groups -OCH3 is 2. The highest BCUT2D eigenvalue weighted by molar-refractivity contribution is 7.20. The fourth-order valence-corrected chi connectivity index (χ4v) is 4.29. The molecule has 1 atom stereocenters. The molecular formula is C21H27N3O3S. The first-order valence-electron chi connectivity index (χ1n) is 9.33. The van der Waals surface area contributed by atoms with E-state index < -0.39 is 0 Å². The van der Waals surface area contributed by atoms with Crippen LogP contribution in [0, 0.1) is 12.8 Å². The Bertz CT molecular complexity index is 990. The van der Waals surface area contributed by atoms with Crippen molar-refractivity contribution in [2.75, 3.05) is 14.2 Å². The van der Waals surface area contributed by atoms with E-state index in [0.29, 0.717) is 16.5 Å². The lowest BCUT2D eigenvalue weighted by Crippen LogP contribution is -2.26. The molecule has 2 aromatic heterocycles. The van der Waals surface area contributed by atoms with E-state index in [-0.39, 0.29) is 11.9 Å². The number of carbonyl (C=O) groups is 1. The number of carbonyl (C=O) groups excluding carboxylic acids is 1. The summed E-state index contributed by atoms with van der Waals surface area (Å²) in [5, 5.41) is 8.72. The number of aromatic nitrogens is 2. The van der Waals surface area contributed by atoms with Gasteiger partial charge in [-0.15, -0.1) is 11.3 Å². The third-order valence-electron chi connectivity index (χ3n) is 4.62. The van der Waals surface area contributed by atoms with Gasteiger partial charge in [-0.2, -0.15) is 5.10 Å². The molecule has 0 aliphatic heterocycles. The van der Waals surface area contributed by atoms with Gasteiger partial charge in [-0.25, -0.2) is 0 Å². The van der Waals surface area contributed by atoms with Crippen LogP contribution in [0.4, 0.5) is 0 Å². The number of aryl methyl sites for hydroxylation is 1. The van der Waals surface area contributed by atoms with Crippen LogP contribution in [0.5, 0.6) is 11.5 Å². The number of hydrogen-bond acceptors (Lipinski definition) is 5. The van der Waals surface area contributed by atoms with Gasteiger partial charge in [0.25, 0.3) is 5.91 Å². The van der Waals surface area contributed by atoms with Gasteiger partial charge < -0.3 is 14.8 Å². The number of hydrogen-bond donors (Lipinski definition) is 1. The van der Waals surface area contributed by atoms with Gasteiger partial charge in [0.15, 0.2) is 0 Å². The van der Waals surface area contributed by atoms with Gasteiger partial charge in [0.1, 0.15) is 16.3 Å². The van der Waals surface area contributed by atoms with E-state index in [1.165, 1.54) is 11.3 Å². The van der Waals surface area contributed by atoms with Crippen molar-refractivity contribution in [2.24, 2.45) is 5.92 Å². The van der Waals surface area contributed by atoms with Crippen molar-refractivity contribution in [1.29, 1.82) is 0 Å². The van der Waals surface area contributed by atoms with Crippen molar-refractivity contribution in [1.82, 2.24) is 15.1 Å². The molecule has 0 aliphatic carbocycles. The van der Waals surface area contributed by atoms with Crippen LogP contribution in [-0.4, -0.2) is 29.9 Å². The van der Waals surface area contributed by atoms with Crippen molar-refractivity contribution in [2.45, 2.75) is 40.3 Å². The standard InChI is InChI=1S/C21H27N3O3S/c1-12(2)11-24-21-17(14(4)23-24)10-19(28-21)20(25)22-13(3)16-9-15(26-5)7-8-18(16)27-6/h7-10,12-13H,11H2,1-6H3,(H,22,25). The largest absolute Gasteiger partial charge is 0.497 e. The number of fused-ring (bicyclic) bond motifs is 1. The number of rotatable bonds is 7. The first kappa shape index (κ1) is 20.2. The highest BCUT2D eigenvalue weighted by Gasteiger charge is 2.20. The summed E-state index contributed by atoms with van der Waals surface area (Å²) in [6, 6.07) is 7.28. The van der Waals surface area contributed by atoms with E-state index in [9.17, 15) is 4.79 Å². The molecule has 1 amide bonds. The first-order valence-corrected chi connectivity index (χ1v) is 10.2. The lowest BCUT2D eigenvalue weighted by atomic mass is 10.1. The summed E-state index contributed by atoms with van der Waals surface area (Å²) in [7, 11) is 3.24. The zero-order valence-electron chi connectivity index (χ0n) is 17.2. The van der Waals surface area contributed by atoms with Crippen LogP contribution in [0.1, 0.15) is 47.7 Å². The molecule has 1 N–H and O–H groups in total. The maximum Gasteiger partial charge on any atom is 0.261 e. The topological polar surface area (TPSA) is 65.4 Å². The number of benzene rings is 1. The third-order valence-corrected chi connectivity index (χ3v) is 5.77. The van der Waals surface area contributed by atoms with Crippen molar-refractivity contribution >= 4 is 27.5 Å². The lowest BCUT2D eigenvalue weighted by Gasteiger charge is -2.18. The van der Waals surface area contributed by atoms with E-state index >= 15 is 0 Å². The van der Waals surface area contributed by atoms with Crippen LogP contribution in [0.15, 0.2) is 24.3 Å². The molecular weight excluding hydrogens is 374 g/mol. The summed E-state index contributed by atoms with van der Waals surface area (Å²) in [6.07, 6.45) is 0. The summed E-state index contributed by atoms with van der Waals surface area (Å²) >= 11 is 1.48. The molecule has 0 aliphatic rings. The maximum atomic E-state index is 12.9. The predicted octanol–water partition coefficient (Wildman–Crippen LogP) is 4.57. The number of nitrogens with one attached hydrogen (secondary N) is 1. The Morgan fingerprint density at radius 3 is 2.61 bits per heavy atom. The zero-order valence-corrected chi connectivity index (χ0v) is 18.0. The first-order chi connectivity index (χ1) is 13.3. The third kappa shape index (κ3) is 3.99. The van der Waals surface area contributed by atoms with Crippen LogP contribution >= 0.6 is 11.3 Å². The second-order valence-electron chi connectivity index (χ2n) is 7.29. The molecule has 2 heterocycles. The lowest BCUT2D eigenvalue weighted by molar-refractivity contribution is 0.0943. The molecule has 28 heavy (non-hydrogen) atoms. The number of nitrogens with zero attached hydrogens (tertiary/aromatic N) is 2. The SMILES string of the molecule is COc1ccc(OC)c(C(C)NC(=O)c2cc3c(C)nn(CC(C)C)c3s2)c1. The Kier molecular flexibility index (Phi) is 5.93. The Hall–Kier alpha value is -2.54. The molecule has 0 bridgehead atoms. The molecule has 0 saturated heterocycles. The quantitative estimate of drug-likeness (QED) is 0.630. The minimum Gasteiger partial charge on any atom is -0.497 e. The van der Waals surface area contributed by atoms with Crippen LogP contribution < -0.4 is 14.8 Å². The van der Waals surface area contributed by atoms with Crippen molar-refractivity contribution in [3.05, 3.63) is 40.4 Å². The Morgan fingerprint density at radius 1 is 1.21 bits per heavy atom. The summed E-state index contributed by atoms with van der Waals surface area (Å²) in [4.78, 5) is 14.6. The highest BCUT2D eigenvalue weighted by atomic mass is 32.1. The molecule has 7 heteroatoms. The normalized spacial score (nSPS) is 12.4. The minimum atomic E-state index is -0.226. The molecule has 0 fully saturated rings. The van der Waals surface area contributed by atoms with Gasteiger partial charge >= 0.3 is 0 Å². The van der Waals surface area contributed by atoms with E-state index in [0.717, 1.165) is 33.8 Å². The second kappa shape index (κ2) is 8.22. The summed E-state index contributed by atoms with van der Waals surface area (Å²) in [5.74, 6) is 1.83. The Labute approximate surface area is 169 Å². The van der Waals surface area contributed by atoms with Crippen LogP contribution in [0.25, 0.3) is 10.2 Å².